The predicted molar refractivity (Wildman–Crippen MR) is 136 cm³/mol. The number of carbonyl (C=O) groups excluding carboxylic acids is 1. The van der Waals surface area contributed by atoms with Crippen molar-refractivity contribution < 1.29 is 13.9 Å². The molecule has 0 radical (unpaired) electrons. The second-order valence-electron chi connectivity index (χ2n) is 9.38. The van der Waals surface area contributed by atoms with Gasteiger partial charge in [-0.05, 0) is 26.1 Å². The molecule has 0 atom stereocenters. The van der Waals surface area contributed by atoms with Crippen molar-refractivity contribution in [2.24, 2.45) is 0 Å². The van der Waals surface area contributed by atoms with E-state index in [9.17, 15) is 4.79 Å². The summed E-state index contributed by atoms with van der Waals surface area (Å²) in [6, 6.07) is 11.9. The smallest absolute Gasteiger partial charge is 0.289 e. The summed E-state index contributed by atoms with van der Waals surface area (Å²) in [7, 11) is 2.06. The Hall–Kier alpha value is -3.76. The summed E-state index contributed by atoms with van der Waals surface area (Å²) in [6.07, 6.45) is 1.86. The van der Waals surface area contributed by atoms with Crippen molar-refractivity contribution >= 4 is 22.8 Å². The van der Waals surface area contributed by atoms with Gasteiger partial charge in [-0.1, -0.05) is 23.8 Å². The first-order chi connectivity index (χ1) is 17.5. The number of piperazine rings is 1. The second-order valence-corrected chi connectivity index (χ2v) is 9.38. The van der Waals surface area contributed by atoms with E-state index >= 15 is 0 Å². The second kappa shape index (κ2) is 9.36. The van der Waals surface area contributed by atoms with Crippen LogP contribution in [0.3, 0.4) is 0 Å². The monoisotopic (exact) mass is 487 g/mol. The van der Waals surface area contributed by atoms with Gasteiger partial charge in [0.2, 0.25) is 0 Å². The quantitative estimate of drug-likeness (QED) is 0.434. The lowest BCUT2D eigenvalue weighted by Gasteiger charge is -2.31. The van der Waals surface area contributed by atoms with Crippen LogP contribution in [0.1, 0.15) is 16.1 Å². The Bertz CT molecular complexity index is 1400. The first kappa shape index (κ1) is 22.7. The molecule has 36 heavy (non-hydrogen) atoms. The first-order valence-electron chi connectivity index (χ1n) is 12.3. The van der Waals surface area contributed by atoms with Crippen molar-refractivity contribution in [1.29, 1.82) is 0 Å². The number of fused-ring (bicyclic) bond motifs is 1. The van der Waals surface area contributed by atoms with Crippen LogP contribution in [0.4, 0.5) is 5.82 Å². The topological polar surface area (TPSA) is 92.8 Å². The molecule has 6 rings (SSSR count). The van der Waals surface area contributed by atoms with Crippen molar-refractivity contribution in [2.75, 3.05) is 64.4 Å². The summed E-state index contributed by atoms with van der Waals surface area (Å²) in [6.45, 7) is 7.68. The third-order valence-corrected chi connectivity index (χ3v) is 6.76. The number of rotatable bonds is 4. The zero-order valence-corrected chi connectivity index (χ0v) is 20.6. The highest BCUT2D eigenvalue weighted by Gasteiger charge is 2.27. The van der Waals surface area contributed by atoms with E-state index in [0.29, 0.717) is 62.3 Å². The highest BCUT2D eigenvalue weighted by Crippen LogP contribution is 2.30. The Morgan fingerprint density at radius 3 is 2.56 bits per heavy atom. The van der Waals surface area contributed by atoms with Crippen LogP contribution in [0.2, 0.25) is 0 Å². The van der Waals surface area contributed by atoms with Gasteiger partial charge in [0.1, 0.15) is 5.52 Å². The molecule has 3 aromatic heterocycles. The van der Waals surface area contributed by atoms with Gasteiger partial charge < -0.3 is 23.9 Å². The fourth-order valence-electron chi connectivity index (χ4n) is 4.66. The highest BCUT2D eigenvalue weighted by atomic mass is 16.5. The maximum atomic E-state index is 13.2. The van der Waals surface area contributed by atoms with Gasteiger partial charge in [-0.3, -0.25) is 4.79 Å². The van der Waals surface area contributed by atoms with Crippen LogP contribution in [0.5, 0.6) is 0 Å². The molecule has 5 heterocycles. The van der Waals surface area contributed by atoms with Crippen LogP contribution in [-0.2, 0) is 4.74 Å². The van der Waals surface area contributed by atoms with Gasteiger partial charge in [-0.15, -0.1) is 0 Å². The van der Waals surface area contributed by atoms with Crippen LogP contribution >= 0.6 is 0 Å². The number of benzene rings is 1. The Kier molecular flexibility index (Phi) is 5.90. The highest BCUT2D eigenvalue weighted by molar-refractivity contribution is 5.97. The van der Waals surface area contributed by atoms with E-state index in [1.807, 2.05) is 29.3 Å². The number of morpholine rings is 1. The van der Waals surface area contributed by atoms with Crippen molar-refractivity contribution in [3.05, 3.63) is 53.9 Å². The molecule has 2 aliphatic rings. The lowest BCUT2D eigenvalue weighted by atomic mass is 10.1. The van der Waals surface area contributed by atoms with Gasteiger partial charge in [-0.25, -0.2) is 9.67 Å². The predicted octanol–water partition coefficient (Wildman–Crippen LogP) is 2.61. The summed E-state index contributed by atoms with van der Waals surface area (Å²) >= 11 is 0. The molecule has 0 N–H and O–H groups in total. The summed E-state index contributed by atoms with van der Waals surface area (Å²) in [5, 5.41) is 4.75. The fraction of sp³-hybridized carbons (Fsp3) is 0.385. The number of aromatic nitrogens is 4. The minimum absolute atomic E-state index is 0.114. The van der Waals surface area contributed by atoms with Crippen molar-refractivity contribution in [3.8, 4) is 17.2 Å². The molecule has 0 unspecified atom stereocenters. The van der Waals surface area contributed by atoms with Crippen LogP contribution < -0.4 is 4.90 Å². The molecule has 2 fully saturated rings. The number of carbonyl (C=O) groups is 1. The van der Waals surface area contributed by atoms with E-state index in [1.165, 1.54) is 5.56 Å². The molecule has 2 aliphatic heterocycles. The molecule has 1 amide bonds. The van der Waals surface area contributed by atoms with Crippen LogP contribution in [0.15, 0.2) is 47.0 Å². The summed E-state index contributed by atoms with van der Waals surface area (Å²) in [5.74, 6) is 1.26. The summed E-state index contributed by atoms with van der Waals surface area (Å²) in [5.41, 5.74) is 4.15. The standard InChI is InChI=1S/C26H29N7O3/c1-18-4-3-5-19(16-18)20-6-7-33(29-20)26-27-21-17-22(25(34)32-10-8-30(2)9-11-32)36-23(21)24(28-26)31-12-14-35-15-13-31/h3-7,16-17H,8-15H2,1-2H3. The molecule has 1 aromatic carbocycles. The zero-order chi connectivity index (χ0) is 24.6. The fourth-order valence-corrected chi connectivity index (χ4v) is 4.66. The van der Waals surface area contributed by atoms with Crippen LogP contribution in [-0.4, -0.2) is 95.0 Å². The summed E-state index contributed by atoms with van der Waals surface area (Å²) in [4.78, 5) is 29.0. The number of nitrogens with zero attached hydrogens (tertiary/aromatic N) is 7. The van der Waals surface area contributed by atoms with Crippen LogP contribution in [0, 0.1) is 6.92 Å². The summed E-state index contributed by atoms with van der Waals surface area (Å²) < 4.78 is 13.4. The van der Waals surface area contributed by atoms with E-state index in [2.05, 4.69) is 35.9 Å². The Balaban J connectivity index is 1.39. The average Bonchev–Trinajstić information content (AvgIpc) is 3.57. The molecule has 0 bridgehead atoms. The van der Waals surface area contributed by atoms with Crippen molar-refractivity contribution in [1.82, 2.24) is 29.5 Å². The number of ether oxygens (including phenoxy) is 1. The number of aryl methyl sites for hydroxylation is 1. The lowest BCUT2D eigenvalue weighted by Crippen LogP contribution is -2.47. The van der Waals surface area contributed by atoms with Gasteiger partial charge in [-0.2, -0.15) is 10.1 Å². The number of likely N-dealkylation sites (N-methyl/N-ethyl adjacent to an activating group) is 1. The maximum absolute atomic E-state index is 13.2. The van der Waals surface area contributed by atoms with Crippen molar-refractivity contribution in [2.45, 2.75) is 6.92 Å². The Morgan fingerprint density at radius 1 is 0.972 bits per heavy atom. The Morgan fingerprint density at radius 2 is 1.78 bits per heavy atom. The number of hydrogen-bond donors (Lipinski definition) is 0. The minimum Gasteiger partial charge on any atom is -0.445 e. The minimum atomic E-state index is -0.114. The van der Waals surface area contributed by atoms with Gasteiger partial charge in [0.25, 0.3) is 11.9 Å². The largest absolute Gasteiger partial charge is 0.445 e. The molecule has 10 nitrogen and oxygen atoms in total. The van der Waals surface area contributed by atoms with Gasteiger partial charge in [0, 0.05) is 57.1 Å². The third kappa shape index (κ3) is 4.33. The average molecular weight is 488 g/mol. The van der Waals surface area contributed by atoms with Crippen molar-refractivity contribution in [3.63, 3.8) is 0 Å². The molecule has 186 valence electrons. The molecular formula is C26H29N7O3. The molecular weight excluding hydrogens is 458 g/mol. The molecule has 0 aliphatic carbocycles. The van der Waals surface area contributed by atoms with E-state index in [1.54, 1.807) is 10.7 Å². The number of anilines is 1. The first-order valence-corrected chi connectivity index (χ1v) is 12.3. The third-order valence-electron chi connectivity index (χ3n) is 6.76. The number of amides is 1. The van der Waals surface area contributed by atoms with E-state index < -0.39 is 0 Å². The number of hydrogen-bond acceptors (Lipinski definition) is 8. The maximum Gasteiger partial charge on any atom is 0.289 e. The molecule has 2 saturated heterocycles. The zero-order valence-electron chi connectivity index (χ0n) is 20.6. The molecule has 0 saturated carbocycles. The van der Waals surface area contributed by atoms with Gasteiger partial charge in [0.05, 0.1) is 18.9 Å². The molecule has 10 heteroatoms. The lowest BCUT2D eigenvalue weighted by molar-refractivity contribution is 0.0635. The van der Waals surface area contributed by atoms with E-state index in [0.717, 1.165) is 24.3 Å². The molecule has 4 aromatic rings. The van der Waals surface area contributed by atoms with Crippen LogP contribution in [0.25, 0.3) is 28.3 Å². The van der Waals surface area contributed by atoms with Gasteiger partial charge >= 0.3 is 0 Å². The molecule has 0 spiro atoms. The van der Waals surface area contributed by atoms with E-state index in [4.69, 9.17) is 24.2 Å². The number of furan rings is 1. The normalized spacial score (nSPS) is 17.2. The van der Waals surface area contributed by atoms with E-state index in [-0.39, 0.29) is 11.7 Å². The van der Waals surface area contributed by atoms with Gasteiger partial charge in [0.15, 0.2) is 17.2 Å². The SMILES string of the molecule is Cc1cccc(-c2ccn(-c3nc(N4CCOCC4)c4oc(C(=O)N5CCN(C)CC5)cc4n3)n2)c1. The Labute approximate surface area is 209 Å².